The van der Waals surface area contributed by atoms with Crippen molar-refractivity contribution in [1.29, 1.82) is 0 Å². The SMILES string of the molecule is CC(C)Cc1cccc(C(O)(CCCl)c2ccccc2)c1. The Morgan fingerprint density at radius 1 is 1.00 bits per heavy atom. The van der Waals surface area contributed by atoms with Crippen molar-refractivity contribution in [3.05, 3.63) is 71.3 Å². The number of halogens is 1. The molecule has 0 bridgehead atoms. The Hall–Kier alpha value is -1.31. The summed E-state index contributed by atoms with van der Waals surface area (Å²) in [4.78, 5) is 0. The van der Waals surface area contributed by atoms with Crippen molar-refractivity contribution in [3.8, 4) is 0 Å². The average molecular weight is 303 g/mol. The van der Waals surface area contributed by atoms with Crippen LogP contribution in [-0.2, 0) is 12.0 Å². The molecule has 2 rings (SSSR count). The van der Waals surface area contributed by atoms with E-state index in [1.807, 2.05) is 42.5 Å². The van der Waals surface area contributed by atoms with E-state index < -0.39 is 5.60 Å². The fourth-order valence-electron chi connectivity index (χ4n) is 2.73. The van der Waals surface area contributed by atoms with Gasteiger partial charge >= 0.3 is 0 Å². The summed E-state index contributed by atoms with van der Waals surface area (Å²) in [6, 6.07) is 18.0. The predicted molar refractivity (Wildman–Crippen MR) is 89.8 cm³/mol. The Bertz CT molecular complexity index is 565. The zero-order chi connectivity index (χ0) is 15.3. The van der Waals surface area contributed by atoms with Crippen LogP contribution in [0.15, 0.2) is 54.6 Å². The molecular formula is C19H23ClO. The summed E-state index contributed by atoms with van der Waals surface area (Å²) < 4.78 is 0. The maximum Gasteiger partial charge on any atom is 0.116 e. The van der Waals surface area contributed by atoms with Gasteiger partial charge in [-0.05, 0) is 35.4 Å². The monoisotopic (exact) mass is 302 g/mol. The topological polar surface area (TPSA) is 20.2 Å². The smallest absolute Gasteiger partial charge is 0.116 e. The van der Waals surface area contributed by atoms with Crippen molar-refractivity contribution in [1.82, 2.24) is 0 Å². The third kappa shape index (κ3) is 3.87. The molecule has 1 atom stereocenters. The highest BCUT2D eigenvalue weighted by Gasteiger charge is 2.30. The summed E-state index contributed by atoms with van der Waals surface area (Å²) in [5, 5.41) is 11.2. The van der Waals surface area contributed by atoms with E-state index in [1.165, 1.54) is 5.56 Å². The molecule has 0 aliphatic rings. The summed E-state index contributed by atoms with van der Waals surface area (Å²) in [6.45, 7) is 4.41. The van der Waals surface area contributed by atoms with Gasteiger partial charge in [0.2, 0.25) is 0 Å². The van der Waals surface area contributed by atoms with Crippen molar-refractivity contribution in [2.24, 2.45) is 5.92 Å². The second-order valence-corrected chi connectivity index (χ2v) is 6.34. The minimum atomic E-state index is -1.02. The van der Waals surface area contributed by atoms with Crippen molar-refractivity contribution in [2.45, 2.75) is 32.3 Å². The van der Waals surface area contributed by atoms with E-state index in [9.17, 15) is 5.11 Å². The maximum absolute atomic E-state index is 11.2. The van der Waals surface area contributed by atoms with Gasteiger partial charge in [0, 0.05) is 5.88 Å². The molecule has 21 heavy (non-hydrogen) atoms. The lowest BCUT2D eigenvalue weighted by molar-refractivity contribution is 0.0774. The molecule has 1 unspecified atom stereocenters. The van der Waals surface area contributed by atoms with Gasteiger partial charge < -0.3 is 5.11 Å². The summed E-state index contributed by atoms with van der Waals surface area (Å²) in [6.07, 6.45) is 1.52. The van der Waals surface area contributed by atoms with Gasteiger partial charge in [0.25, 0.3) is 0 Å². The second kappa shape index (κ2) is 7.11. The van der Waals surface area contributed by atoms with E-state index in [-0.39, 0.29) is 0 Å². The molecule has 0 amide bonds. The van der Waals surface area contributed by atoms with E-state index in [2.05, 4.69) is 26.0 Å². The van der Waals surface area contributed by atoms with Gasteiger partial charge in [-0.15, -0.1) is 11.6 Å². The fraction of sp³-hybridized carbons (Fsp3) is 0.368. The van der Waals surface area contributed by atoms with Crippen LogP contribution in [0.2, 0.25) is 0 Å². The largest absolute Gasteiger partial charge is 0.380 e. The van der Waals surface area contributed by atoms with Crippen LogP contribution >= 0.6 is 11.6 Å². The molecule has 2 aromatic carbocycles. The first kappa shape index (κ1) is 16.1. The van der Waals surface area contributed by atoms with Crippen molar-refractivity contribution in [3.63, 3.8) is 0 Å². The lowest BCUT2D eigenvalue weighted by Gasteiger charge is -2.29. The summed E-state index contributed by atoms with van der Waals surface area (Å²) >= 11 is 5.95. The summed E-state index contributed by atoms with van der Waals surface area (Å²) in [5.41, 5.74) is 2.06. The Kier molecular flexibility index (Phi) is 5.44. The Labute approximate surface area is 132 Å². The fourth-order valence-corrected chi connectivity index (χ4v) is 3.01. The van der Waals surface area contributed by atoms with Crippen LogP contribution in [0.5, 0.6) is 0 Å². The number of hydrogen-bond acceptors (Lipinski definition) is 1. The van der Waals surface area contributed by atoms with E-state index in [4.69, 9.17) is 11.6 Å². The molecule has 0 fully saturated rings. The number of rotatable bonds is 6. The Balaban J connectivity index is 2.43. The van der Waals surface area contributed by atoms with Gasteiger partial charge in [-0.1, -0.05) is 68.4 Å². The van der Waals surface area contributed by atoms with E-state index >= 15 is 0 Å². The lowest BCUT2D eigenvalue weighted by Crippen LogP contribution is -2.28. The van der Waals surface area contributed by atoms with Crippen LogP contribution in [0, 0.1) is 5.92 Å². The van der Waals surface area contributed by atoms with Gasteiger partial charge in [0.05, 0.1) is 0 Å². The third-order valence-corrected chi connectivity index (χ3v) is 3.95. The molecule has 0 radical (unpaired) electrons. The summed E-state index contributed by atoms with van der Waals surface area (Å²) in [7, 11) is 0. The molecule has 0 saturated heterocycles. The predicted octanol–water partition coefficient (Wildman–Crippen LogP) is 4.75. The lowest BCUT2D eigenvalue weighted by atomic mass is 9.83. The van der Waals surface area contributed by atoms with Gasteiger partial charge in [0.1, 0.15) is 5.60 Å². The first-order valence-corrected chi connectivity index (χ1v) is 8.03. The van der Waals surface area contributed by atoms with Crippen LogP contribution in [0.3, 0.4) is 0 Å². The van der Waals surface area contributed by atoms with Crippen LogP contribution in [0.25, 0.3) is 0 Å². The molecule has 0 aromatic heterocycles. The number of aliphatic hydroxyl groups is 1. The van der Waals surface area contributed by atoms with E-state index in [1.54, 1.807) is 0 Å². The molecule has 112 valence electrons. The highest BCUT2D eigenvalue weighted by molar-refractivity contribution is 6.17. The van der Waals surface area contributed by atoms with Crippen molar-refractivity contribution in [2.75, 3.05) is 5.88 Å². The minimum Gasteiger partial charge on any atom is -0.380 e. The minimum absolute atomic E-state index is 0.416. The highest BCUT2D eigenvalue weighted by atomic mass is 35.5. The van der Waals surface area contributed by atoms with Crippen LogP contribution in [-0.4, -0.2) is 11.0 Å². The molecule has 0 spiro atoms. The zero-order valence-electron chi connectivity index (χ0n) is 12.7. The molecular weight excluding hydrogens is 280 g/mol. The zero-order valence-corrected chi connectivity index (χ0v) is 13.5. The molecule has 2 heteroatoms. The summed E-state index contributed by atoms with van der Waals surface area (Å²) in [5.74, 6) is 1.01. The normalized spacial score (nSPS) is 14.1. The molecule has 1 nitrogen and oxygen atoms in total. The van der Waals surface area contributed by atoms with Crippen LogP contribution in [0.1, 0.15) is 37.0 Å². The van der Waals surface area contributed by atoms with E-state index in [0.29, 0.717) is 18.2 Å². The van der Waals surface area contributed by atoms with Gasteiger partial charge in [-0.2, -0.15) is 0 Å². The first-order valence-electron chi connectivity index (χ1n) is 7.49. The number of hydrogen-bond donors (Lipinski definition) is 1. The Morgan fingerprint density at radius 3 is 2.29 bits per heavy atom. The molecule has 0 heterocycles. The third-order valence-electron chi connectivity index (χ3n) is 3.76. The van der Waals surface area contributed by atoms with Gasteiger partial charge in [0.15, 0.2) is 0 Å². The number of alkyl halides is 1. The molecule has 0 aliphatic carbocycles. The standard InChI is InChI=1S/C19H23ClO/c1-15(2)13-16-7-6-10-18(14-16)19(21,11-12-20)17-8-4-3-5-9-17/h3-10,14-15,21H,11-13H2,1-2H3. The highest BCUT2D eigenvalue weighted by Crippen LogP contribution is 2.34. The van der Waals surface area contributed by atoms with Crippen LogP contribution < -0.4 is 0 Å². The molecule has 1 N–H and O–H groups in total. The molecule has 2 aromatic rings. The van der Waals surface area contributed by atoms with Crippen LogP contribution in [0.4, 0.5) is 0 Å². The second-order valence-electron chi connectivity index (χ2n) is 5.96. The van der Waals surface area contributed by atoms with Crippen molar-refractivity contribution < 1.29 is 5.11 Å². The number of benzene rings is 2. The van der Waals surface area contributed by atoms with Gasteiger partial charge in [-0.25, -0.2) is 0 Å². The van der Waals surface area contributed by atoms with Gasteiger partial charge in [-0.3, -0.25) is 0 Å². The van der Waals surface area contributed by atoms with E-state index in [0.717, 1.165) is 17.5 Å². The average Bonchev–Trinajstić information content (AvgIpc) is 2.48. The Morgan fingerprint density at radius 2 is 1.67 bits per heavy atom. The quantitative estimate of drug-likeness (QED) is 0.763. The van der Waals surface area contributed by atoms with Crippen molar-refractivity contribution >= 4 is 11.6 Å². The first-order chi connectivity index (χ1) is 10.1. The molecule has 0 aliphatic heterocycles. The molecule has 0 saturated carbocycles. The maximum atomic E-state index is 11.2.